The van der Waals surface area contributed by atoms with Gasteiger partial charge in [-0.1, -0.05) is 20.8 Å². The molecule has 0 aromatic heterocycles. The number of benzene rings is 1. The molecule has 1 aliphatic rings. The van der Waals surface area contributed by atoms with E-state index in [0.717, 1.165) is 29.7 Å². The van der Waals surface area contributed by atoms with Crippen molar-refractivity contribution < 1.29 is 9.53 Å². The fourth-order valence-corrected chi connectivity index (χ4v) is 1.98. The van der Waals surface area contributed by atoms with Gasteiger partial charge in [0, 0.05) is 25.2 Å². The van der Waals surface area contributed by atoms with Gasteiger partial charge in [0.1, 0.15) is 5.75 Å². The number of hydrogen-bond donors (Lipinski definition) is 0. The Balaban J connectivity index is 2.37. The maximum atomic E-state index is 12.1. The minimum Gasteiger partial charge on any atom is -0.490 e. The van der Waals surface area contributed by atoms with E-state index in [4.69, 9.17) is 4.74 Å². The first-order chi connectivity index (χ1) is 8.79. The molecule has 2 rings (SSSR count). The number of hydrogen-bond acceptors (Lipinski definition) is 2. The van der Waals surface area contributed by atoms with Crippen LogP contribution in [-0.4, -0.2) is 31.0 Å². The van der Waals surface area contributed by atoms with E-state index in [1.807, 2.05) is 18.2 Å². The van der Waals surface area contributed by atoms with Crippen molar-refractivity contribution in [3.8, 4) is 5.75 Å². The van der Waals surface area contributed by atoms with Crippen molar-refractivity contribution in [1.82, 2.24) is 4.90 Å². The van der Waals surface area contributed by atoms with Crippen molar-refractivity contribution in [3.63, 3.8) is 0 Å². The summed E-state index contributed by atoms with van der Waals surface area (Å²) in [5.74, 6) is 0.953. The first-order valence-corrected chi connectivity index (χ1v) is 6.82. The minimum atomic E-state index is -0.0349. The SMILES string of the molecule is CN(C)C(=O)c1ccc(OC2CC2)c(C(C)(C)C)c1. The van der Waals surface area contributed by atoms with Crippen molar-refractivity contribution in [3.05, 3.63) is 29.3 Å². The normalized spacial score (nSPS) is 15.2. The monoisotopic (exact) mass is 261 g/mol. The molecule has 0 heterocycles. The first-order valence-electron chi connectivity index (χ1n) is 6.82. The Morgan fingerprint density at radius 2 is 1.89 bits per heavy atom. The molecule has 1 aromatic carbocycles. The molecule has 0 radical (unpaired) electrons. The Labute approximate surface area is 115 Å². The predicted molar refractivity (Wildman–Crippen MR) is 76.8 cm³/mol. The highest BCUT2D eigenvalue weighted by atomic mass is 16.5. The van der Waals surface area contributed by atoms with E-state index in [0.29, 0.717) is 6.10 Å². The van der Waals surface area contributed by atoms with Gasteiger partial charge in [0.15, 0.2) is 0 Å². The van der Waals surface area contributed by atoms with Crippen molar-refractivity contribution in [2.45, 2.75) is 45.1 Å². The zero-order valence-electron chi connectivity index (χ0n) is 12.5. The summed E-state index contributed by atoms with van der Waals surface area (Å²) in [7, 11) is 3.54. The number of amides is 1. The maximum absolute atomic E-state index is 12.1. The van der Waals surface area contributed by atoms with E-state index in [-0.39, 0.29) is 11.3 Å². The standard InChI is InChI=1S/C16H23NO2/c1-16(2,3)13-10-11(15(18)17(4)5)6-9-14(13)19-12-7-8-12/h6,9-10,12H,7-8H2,1-5H3. The average molecular weight is 261 g/mol. The molecule has 1 amide bonds. The Morgan fingerprint density at radius 1 is 1.26 bits per heavy atom. The van der Waals surface area contributed by atoms with E-state index in [1.54, 1.807) is 19.0 Å². The molecule has 0 bridgehead atoms. The van der Waals surface area contributed by atoms with Gasteiger partial charge in [0.25, 0.3) is 5.91 Å². The molecule has 1 aliphatic carbocycles. The van der Waals surface area contributed by atoms with Crippen LogP contribution in [0.5, 0.6) is 5.75 Å². The zero-order valence-corrected chi connectivity index (χ0v) is 12.5. The third-order valence-electron chi connectivity index (χ3n) is 3.26. The van der Waals surface area contributed by atoms with E-state index < -0.39 is 0 Å². The van der Waals surface area contributed by atoms with Gasteiger partial charge in [-0.25, -0.2) is 0 Å². The largest absolute Gasteiger partial charge is 0.490 e. The summed E-state index contributed by atoms with van der Waals surface area (Å²) in [4.78, 5) is 13.7. The van der Waals surface area contributed by atoms with Gasteiger partial charge in [-0.2, -0.15) is 0 Å². The minimum absolute atomic E-state index is 0.0310. The van der Waals surface area contributed by atoms with Crippen LogP contribution in [0.2, 0.25) is 0 Å². The van der Waals surface area contributed by atoms with Gasteiger partial charge >= 0.3 is 0 Å². The predicted octanol–water partition coefficient (Wildman–Crippen LogP) is 3.23. The Bertz CT molecular complexity index is 482. The van der Waals surface area contributed by atoms with E-state index in [2.05, 4.69) is 20.8 Å². The van der Waals surface area contributed by atoms with Crippen LogP contribution in [0.25, 0.3) is 0 Å². The van der Waals surface area contributed by atoms with Crippen LogP contribution in [0.3, 0.4) is 0 Å². The van der Waals surface area contributed by atoms with Gasteiger partial charge in [-0.3, -0.25) is 4.79 Å². The topological polar surface area (TPSA) is 29.5 Å². The molecule has 0 aliphatic heterocycles. The second-order valence-electron chi connectivity index (χ2n) is 6.48. The Kier molecular flexibility index (Phi) is 3.57. The molecule has 0 spiro atoms. The van der Waals surface area contributed by atoms with E-state index in [9.17, 15) is 4.79 Å². The van der Waals surface area contributed by atoms with Gasteiger partial charge in [0.2, 0.25) is 0 Å². The maximum Gasteiger partial charge on any atom is 0.253 e. The lowest BCUT2D eigenvalue weighted by Crippen LogP contribution is -2.23. The molecular formula is C16H23NO2. The van der Waals surface area contributed by atoms with Crippen LogP contribution in [0.1, 0.15) is 49.5 Å². The van der Waals surface area contributed by atoms with Crippen LogP contribution in [0.4, 0.5) is 0 Å². The second-order valence-corrected chi connectivity index (χ2v) is 6.48. The molecule has 0 saturated heterocycles. The number of nitrogens with zero attached hydrogens (tertiary/aromatic N) is 1. The molecule has 1 aromatic rings. The average Bonchev–Trinajstić information content (AvgIpc) is 3.11. The number of ether oxygens (including phenoxy) is 1. The van der Waals surface area contributed by atoms with Crippen molar-refractivity contribution in [2.24, 2.45) is 0 Å². The van der Waals surface area contributed by atoms with Crippen LogP contribution in [0.15, 0.2) is 18.2 Å². The summed E-state index contributed by atoms with van der Waals surface area (Å²) >= 11 is 0. The molecular weight excluding hydrogens is 238 g/mol. The summed E-state index contributed by atoms with van der Waals surface area (Å²) in [5.41, 5.74) is 1.79. The smallest absolute Gasteiger partial charge is 0.253 e. The lowest BCUT2D eigenvalue weighted by atomic mass is 9.85. The van der Waals surface area contributed by atoms with Crippen LogP contribution >= 0.6 is 0 Å². The number of rotatable bonds is 3. The van der Waals surface area contributed by atoms with Gasteiger partial charge in [-0.05, 0) is 36.5 Å². The van der Waals surface area contributed by atoms with Crippen LogP contribution in [-0.2, 0) is 5.41 Å². The zero-order chi connectivity index (χ0) is 14.2. The Hall–Kier alpha value is -1.51. The molecule has 0 unspecified atom stereocenters. The summed E-state index contributed by atoms with van der Waals surface area (Å²) in [6.07, 6.45) is 2.65. The summed E-state index contributed by atoms with van der Waals surface area (Å²) in [6.45, 7) is 6.43. The molecule has 3 heteroatoms. The Morgan fingerprint density at radius 3 is 2.37 bits per heavy atom. The molecule has 1 saturated carbocycles. The third kappa shape index (κ3) is 3.28. The highest BCUT2D eigenvalue weighted by Gasteiger charge is 2.27. The van der Waals surface area contributed by atoms with Crippen LogP contribution < -0.4 is 4.74 Å². The quantitative estimate of drug-likeness (QED) is 0.836. The highest BCUT2D eigenvalue weighted by Crippen LogP contribution is 2.36. The fourth-order valence-electron chi connectivity index (χ4n) is 1.98. The highest BCUT2D eigenvalue weighted by molar-refractivity contribution is 5.94. The third-order valence-corrected chi connectivity index (χ3v) is 3.26. The van der Waals surface area contributed by atoms with Crippen LogP contribution in [0, 0.1) is 0 Å². The lowest BCUT2D eigenvalue weighted by Gasteiger charge is -2.24. The number of carbonyl (C=O) groups is 1. The summed E-state index contributed by atoms with van der Waals surface area (Å²) in [6, 6.07) is 5.77. The summed E-state index contributed by atoms with van der Waals surface area (Å²) in [5, 5.41) is 0. The molecule has 0 N–H and O–H groups in total. The van der Waals surface area contributed by atoms with E-state index in [1.165, 1.54) is 0 Å². The van der Waals surface area contributed by atoms with Gasteiger partial charge < -0.3 is 9.64 Å². The molecule has 0 atom stereocenters. The van der Waals surface area contributed by atoms with Crippen molar-refractivity contribution in [2.75, 3.05) is 14.1 Å². The molecule has 104 valence electrons. The fraction of sp³-hybridized carbons (Fsp3) is 0.562. The second kappa shape index (κ2) is 4.87. The molecule has 3 nitrogen and oxygen atoms in total. The van der Waals surface area contributed by atoms with Gasteiger partial charge in [0.05, 0.1) is 6.10 Å². The summed E-state index contributed by atoms with van der Waals surface area (Å²) < 4.78 is 5.95. The molecule has 1 fully saturated rings. The first kappa shape index (κ1) is 13.9. The van der Waals surface area contributed by atoms with Gasteiger partial charge in [-0.15, -0.1) is 0 Å². The van der Waals surface area contributed by atoms with Crippen molar-refractivity contribution >= 4 is 5.91 Å². The van der Waals surface area contributed by atoms with E-state index >= 15 is 0 Å². The lowest BCUT2D eigenvalue weighted by molar-refractivity contribution is 0.0827. The van der Waals surface area contributed by atoms with Crippen molar-refractivity contribution in [1.29, 1.82) is 0 Å². The number of carbonyl (C=O) groups excluding carboxylic acids is 1. The molecule has 19 heavy (non-hydrogen) atoms.